The molecule has 1 N–H and O–H groups in total. The Labute approximate surface area is 195 Å². The fraction of sp³-hybridized carbons (Fsp3) is 0.261. The summed E-state index contributed by atoms with van der Waals surface area (Å²) in [6.07, 6.45) is 1.86. The van der Waals surface area contributed by atoms with Crippen LogP contribution < -0.4 is 9.64 Å². The van der Waals surface area contributed by atoms with E-state index >= 15 is 0 Å². The van der Waals surface area contributed by atoms with E-state index in [1.54, 1.807) is 16.3 Å². The number of aromatic nitrogens is 8. The molecule has 172 valence electrons. The monoisotopic (exact) mass is 457 g/mol. The van der Waals surface area contributed by atoms with Gasteiger partial charge < -0.3 is 14.4 Å². The largest absolute Gasteiger partial charge is 0.497 e. The Kier molecular flexibility index (Phi) is 4.95. The van der Waals surface area contributed by atoms with E-state index in [4.69, 9.17) is 29.6 Å². The number of H-pyrrole nitrogens is 1. The number of nitrogens with one attached hydrogen (secondary N) is 1. The van der Waals surface area contributed by atoms with Gasteiger partial charge in [0.05, 0.1) is 26.0 Å². The summed E-state index contributed by atoms with van der Waals surface area (Å²) in [7, 11) is 1.65. The van der Waals surface area contributed by atoms with Crippen LogP contribution in [0.3, 0.4) is 0 Å². The zero-order chi connectivity index (χ0) is 23.1. The number of nitrogens with zero attached hydrogens (tertiary/aromatic N) is 8. The van der Waals surface area contributed by atoms with Crippen LogP contribution in [0.15, 0.2) is 48.7 Å². The molecule has 1 saturated heterocycles. The van der Waals surface area contributed by atoms with Gasteiger partial charge >= 0.3 is 0 Å². The van der Waals surface area contributed by atoms with Gasteiger partial charge in [0.15, 0.2) is 5.65 Å². The fourth-order valence-electron chi connectivity index (χ4n) is 3.98. The van der Waals surface area contributed by atoms with Crippen molar-refractivity contribution in [2.24, 2.45) is 0 Å². The highest BCUT2D eigenvalue weighted by Crippen LogP contribution is 2.25. The molecular formula is C23H23N9O2. The van der Waals surface area contributed by atoms with E-state index < -0.39 is 0 Å². The van der Waals surface area contributed by atoms with Crippen molar-refractivity contribution in [2.45, 2.75) is 6.92 Å². The standard InChI is InChI=1S/C23H23N9O2/c1-15-12-19(27-26-15)20-14-21-24-22(25-23(32(21)29-20)30-8-10-34-11-9-30)31-7-6-18(28-31)16-4-3-5-17(13-16)33-2/h3-7,12-14H,8-11H2,1-2H3,(H,26,27). The normalized spacial score (nSPS) is 14.1. The maximum absolute atomic E-state index is 5.54. The first-order chi connectivity index (χ1) is 16.7. The molecule has 0 spiro atoms. The summed E-state index contributed by atoms with van der Waals surface area (Å²) in [5, 5.41) is 16.8. The fourth-order valence-corrected chi connectivity index (χ4v) is 3.98. The Hall–Kier alpha value is -4.25. The first kappa shape index (κ1) is 20.4. The third-order valence-corrected chi connectivity index (χ3v) is 5.72. The van der Waals surface area contributed by atoms with E-state index in [1.165, 1.54) is 0 Å². The average Bonchev–Trinajstić information content (AvgIpc) is 3.63. The highest BCUT2D eigenvalue weighted by atomic mass is 16.5. The molecule has 0 atom stereocenters. The summed E-state index contributed by atoms with van der Waals surface area (Å²) in [5.74, 6) is 1.94. The Balaban J connectivity index is 1.45. The number of anilines is 1. The number of ether oxygens (including phenoxy) is 2. The molecule has 0 saturated carbocycles. The minimum Gasteiger partial charge on any atom is -0.497 e. The van der Waals surface area contributed by atoms with Crippen molar-refractivity contribution in [1.82, 2.24) is 39.6 Å². The smallest absolute Gasteiger partial charge is 0.255 e. The predicted molar refractivity (Wildman–Crippen MR) is 125 cm³/mol. The van der Waals surface area contributed by atoms with Gasteiger partial charge in [-0.15, -0.1) is 0 Å². The van der Waals surface area contributed by atoms with Crippen LogP contribution in [-0.2, 0) is 4.74 Å². The molecule has 11 heteroatoms. The van der Waals surface area contributed by atoms with Crippen LogP contribution in [0.25, 0.3) is 34.2 Å². The number of benzene rings is 1. The summed E-state index contributed by atoms with van der Waals surface area (Å²) in [4.78, 5) is 11.8. The average molecular weight is 457 g/mol. The molecule has 1 aliphatic heterocycles. The van der Waals surface area contributed by atoms with Crippen molar-refractivity contribution in [1.29, 1.82) is 0 Å². The van der Waals surface area contributed by atoms with E-state index in [0.29, 0.717) is 30.8 Å². The Morgan fingerprint density at radius 3 is 2.65 bits per heavy atom. The molecule has 0 unspecified atom stereocenters. The van der Waals surface area contributed by atoms with Crippen LogP contribution in [0.5, 0.6) is 5.75 Å². The van der Waals surface area contributed by atoms with Crippen LogP contribution >= 0.6 is 0 Å². The van der Waals surface area contributed by atoms with E-state index in [-0.39, 0.29) is 0 Å². The van der Waals surface area contributed by atoms with Gasteiger partial charge in [0.25, 0.3) is 5.95 Å². The van der Waals surface area contributed by atoms with Gasteiger partial charge in [0.2, 0.25) is 5.95 Å². The van der Waals surface area contributed by atoms with Gasteiger partial charge in [-0.25, -0.2) is 4.68 Å². The number of hydrogen-bond acceptors (Lipinski definition) is 8. The van der Waals surface area contributed by atoms with E-state index in [2.05, 4.69) is 15.1 Å². The SMILES string of the molecule is COc1cccc(-c2ccn(-c3nc(N4CCOCC4)n4nc(-c5cc(C)[nH]n5)cc4n3)n2)c1. The number of fused-ring (bicyclic) bond motifs is 1. The zero-order valence-corrected chi connectivity index (χ0v) is 18.8. The molecule has 1 aliphatic rings. The second kappa shape index (κ2) is 8.27. The number of rotatable bonds is 5. The molecule has 34 heavy (non-hydrogen) atoms. The molecular weight excluding hydrogens is 434 g/mol. The number of aromatic amines is 1. The Morgan fingerprint density at radius 2 is 1.85 bits per heavy atom. The summed E-state index contributed by atoms with van der Waals surface area (Å²) in [6, 6.07) is 13.6. The number of aryl methyl sites for hydroxylation is 1. The van der Waals surface area contributed by atoms with Gasteiger partial charge in [0, 0.05) is 36.6 Å². The van der Waals surface area contributed by atoms with Gasteiger partial charge in [0.1, 0.15) is 17.1 Å². The molecule has 6 rings (SSSR count). The quantitative estimate of drug-likeness (QED) is 0.429. The molecule has 4 aromatic heterocycles. The highest BCUT2D eigenvalue weighted by molar-refractivity contribution is 5.63. The second-order valence-corrected chi connectivity index (χ2v) is 8.04. The maximum atomic E-state index is 5.54. The van der Waals surface area contributed by atoms with E-state index in [0.717, 1.165) is 47.2 Å². The molecule has 0 amide bonds. The first-order valence-electron chi connectivity index (χ1n) is 11.0. The third-order valence-electron chi connectivity index (χ3n) is 5.72. The van der Waals surface area contributed by atoms with Crippen molar-refractivity contribution in [2.75, 3.05) is 38.3 Å². The first-order valence-corrected chi connectivity index (χ1v) is 11.0. The lowest BCUT2D eigenvalue weighted by molar-refractivity contribution is 0.121. The van der Waals surface area contributed by atoms with Crippen molar-refractivity contribution < 1.29 is 9.47 Å². The molecule has 0 aliphatic carbocycles. The number of hydrogen-bond donors (Lipinski definition) is 1. The van der Waals surface area contributed by atoms with Gasteiger partial charge in [-0.2, -0.15) is 29.8 Å². The summed E-state index contributed by atoms with van der Waals surface area (Å²) in [5.41, 5.74) is 4.87. The van der Waals surface area contributed by atoms with E-state index in [9.17, 15) is 0 Å². The maximum Gasteiger partial charge on any atom is 0.255 e. The van der Waals surface area contributed by atoms with Crippen molar-refractivity contribution in [3.63, 3.8) is 0 Å². The molecule has 0 bridgehead atoms. The molecule has 1 fully saturated rings. The Bertz CT molecular complexity index is 1460. The predicted octanol–water partition coefficient (Wildman–Crippen LogP) is 2.52. The highest BCUT2D eigenvalue weighted by Gasteiger charge is 2.21. The lowest BCUT2D eigenvalue weighted by Gasteiger charge is -2.27. The number of methoxy groups -OCH3 is 1. The summed E-state index contributed by atoms with van der Waals surface area (Å²) in [6.45, 7) is 4.67. The van der Waals surface area contributed by atoms with Gasteiger partial charge in [-0.1, -0.05) is 12.1 Å². The zero-order valence-electron chi connectivity index (χ0n) is 18.8. The molecule has 0 radical (unpaired) electrons. The molecule has 11 nitrogen and oxygen atoms in total. The van der Waals surface area contributed by atoms with Crippen LogP contribution in [0.1, 0.15) is 5.69 Å². The van der Waals surface area contributed by atoms with Crippen molar-refractivity contribution in [3.05, 3.63) is 54.4 Å². The lowest BCUT2D eigenvalue weighted by atomic mass is 10.1. The van der Waals surface area contributed by atoms with E-state index in [1.807, 2.05) is 55.6 Å². The number of morpholine rings is 1. The van der Waals surface area contributed by atoms with Gasteiger partial charge in [-0.05, 0) is 31.2 Å². The minimum atomic E-state index is 0.466. The van der Waals surface area contributed by atoms with Crippen LogP contribution in [0.4, 0.5) is 5.95 Å². The summed E-state index contributed by atoms with van der Waals surface area (Å²) >= 11 is 0. The van der Waals surface area contributed by atoms with Crippen LogP contribution in [0.2, 0.25) is 0 Å². The lowest BCUT2D eigenvalue weighted by Crippen LogP contribution is -2.38. The molecule has 5 heterocycles. The van der Waals surface area contributed by atoms with Crippen LogP contribution in [0, 0.1) is 6.92 Å². The second-order valence-electron chi connectivity index (χ2n) is 8.04. The van der Waals surface area contributed by atoms with Crippen molar-refractivity contribution in [3.8, 4) is 34.3 Å². The summed E-state index contributed by atoms with van der Waals surface area (Å²) < 4.78 is 14.3. The van der Waals surface area contributed by atoms with Gasteiger partial charge in [-0.3, -0.25) is 5.10 Å². The topological polar surface area (TPSA) is 111 Å². The van der Waals surface area contributed by atoms with Crippen molar-refractivity contribution >= 4 is 11.6 Å². The minimum absolute atomic E-state index is 0.466. The molecule has 1 aromatic carbocycles. The third kappa shape index (κ3) is 3.65. The molecule has 5 aromatic rings. The van der Waals surface area contributed by atoms with Crippen LogP contribution in [-0.4, -0.2) is 73.0 Å². The Morgan fingerprint density at radius 1 is 0.971 bits per heavy atom.